The summed E-state index contributed by atoms with van der Waals surface area (Å²) in [4.78, 5) is 20.2. The number of likely N-dealkylation sites (tertiary alicyclic amines) is 1. The summed E-state index contributed by atoms with van der Waals surface area (Å²) in [5, 5.41) is 0. The molecule has 2 N–H and O–H groups in total. The molecule has 11 heteroatoms. The van der Waals surface area contributed by atoms with E-state index in [9.17, 15) is 26.7 Å². The lowest BCUT2D eigenvalue weighted by atomic mass is 10.1. The first-order valence-corrected chi connectivity index (χ1v) is 9.82. The predicted octanol–water partition coefficient (Wildman–Crippen LogP) is 1.91. The van der Waals surface area contributed by atoms with Gasteiger partial charge in [0.05, 0.1) is 28.9 Å². The zero-order valence-corrected chi connectivity index (χ0v) is 15.9. The van der Waals surface area contributed by atoms with Gasteiger partial charge in [-0.15, -0.1) is 0 Å². The SMILES string of the molecule is N[C@@H]1CN(c2nc3cc(F)c(F)cc3n2CC(=O)N2C[C@@H]3[C@H](C2)C3(F)F)CC[C@H]1F. The minimum absolute atomic E-state index is 0.0282. The highest BCUT2D eigenvalue weighted by atomic mass is 19.3. The van der Waals surface area contributed by atoms with Crippen LogP contribution in [0.15, 0.2) is 12.1 Å². The maximum absolute atomic E-state index is 13.9. The van der Waals surface area contributed by atoms with Crippen molar-refractivity contribution in [3.05, 3.63) is 23.8 Å². The number of anilines is 1. The third-order valence-corrected chi connectivity index (χ3v) is 6.47. The molecule has 2 saturated heterocycles. The lowest BCUT2D eigenvalue weighted by molar-refractivity contribution is -0.132. The molecule has 4 atom stereocenters. The summed E-state index contributed by atoms with van der Waals surface area (Å²) in [5.41, 5.74) is 6.16. The normalized spacial score (nSPS) is 30.1. The molecule has 0 spiro atoms. The van der Waals surface area contributed by atoms with E-state index < -0.39 is 47.5 Å². The van der Waals surface area contributed by atoms with Crippen molar-refractivity contribution in [2.24, 2.45) is 17.6 Å². The summed E-state index contributed by atoms with van der Waals surface area (Å²) in [6.45, 7) is 0.0764. The first-order valence-electron chi connectivity index (χ1n) is 9.82. The van der Waals surface area contributed by atoms with Gasteiger partial charge in [-0.1, -0.05) is 0 Å². The Kier molecular flexibility index (Phi) is 4.25. The van der Waals surface area contributed by atoms with Gasteiger partial charge in [-0.05, 0) is 6.42 Å². The van der Waals surface area contributed by atoms with E-state index in [2.05, 4.69) is 4.98 Å². The Morgan fingerprint density at radius 1 is 1.17 bits per heavy atom. The Balaban J connectivity index is 1.46. The molecular weight excluding hydrogens is 409 g/mol. The third kappa shape index (κ3) is 2.93. The van der Waals surface area contributed by atoms with Crippen LogP contribution < -0.4 is 10.6 Å². The lowest BCUT2D eigenvalue weighted by Crippen LogP contribution is -2.50. The number of amides is 1. The molecule has 0 radical (unpaired) electrons. The van der Waals surface area contributed by atoms with Crippen LogP contribution >= 0.6 is 0 Å². The summed E-state index contributed by atoms with van der Waals surface area (Å²) in [5.74, 6) is -6.66. The van der Waals surface area contributed by atoms with Crippen LogP contribution in [0, 0.1) is 23.5 Å². The van der Waals surface area contributed by atoms with Gasteiger partial charge < -0.3 is 20.1 Å². The van der Waals surface area contributed by atoms with Gasteiger partial charge in [-0.3, -0.25) is 4.79 Å². The number of aromatic nitrogens is 2. The number of hydrogen-bond donors (Lipinski definition) is 1. The molecule has 2 aromatic rings. The Hall–Kier alpha value is -2.43. The number of alkyl halides is 3. The number of piperidine rings is 2. The lowest BCUT2D eigenvalue weighted by Gasteiger charge is -2.34. The molecule has 3 heterocycles. The van der Waals surface area contributed by atoms with Crippen LogP contribution in [0.2, 0.25) is 0 Å². The smallest absolute Gasteiger partial charge is 0.258 e. The number of halogens is 5. The van der Waals surface area contributed by atoms with Crippen molar-refractivity contribution in [3.63, 3.8) is 0 Å². The first-order chi connectivity index (χ1) is 14.2. The monoisotopic (exact) mass is 429 g/mol. The minimum Gasteiger partial charge on any atom is -0.340 e. The molecule has 1 aliphatic carbocycles. The van der Waals surface area contributed by atoms with Crippen molar-refractivity contribution in [1.82, 2.24) is 14.5 Å². The van der Waals surface area contributed by atoms with Crippen LogP contribution in [0.25, 0.3) is 11.0 Å². The topological polar surface area (TPSA) is 67.4 Å². The van der Waals surface area contributed by atoms with E-state index in [0.717, 1.165) is 12.1 Å². The number of nitrogens with zero attached hydrogens (tertiary/aromatic N) is 4. The molecule has 0 bridgehead atoms. The zero-order valence-electron chi connectivity index (χ0n) is 15.9. The van der Waals surface area contributed by atoms with Crippen molar-refractivity contribution in [2.45, 2.75) is 31.1 Å². The van der Waals surface area contributed by atoms with E-state index in [-0.39, 0.29) is 56.1 Å². The van der Waals surface area contributed by atoms with Gasteiger partial charge in [0.15, 0.2) is 11.6 Å². The van der Waals surface area contributed by atoms with Gasteiger partial charge in [0.1, 0.15) is 12.7 Å². The molecule has 0 unspecified atom stereocenters. The number of benzene rings is 1. The van der Waals surface area contributed by atoms with Gasteiger partial charge in [0.25, 0.3) is 5.92 Å². The number of imidazole rings is 1. The van der Waals surface area contributed by atoms with Crippen LogP contribution in [-0.2, 0) is 11.3 Å². The third-order valence-electron chi connectivity index (χ3n) is 6.47. The maximum Gasteiger partial charge on any atom is 0.258 e. The van der Waals surface area contributed by atoms with E-state index in [4.69, 9.17) is 5.73 Å². The van der Waals surface area contributed by atoms with Crippen LogP contribution in [0.5, 0.6) is 0 Å². The number of carbonyl (C=O) groups excluding carboxylic acids is 1. The first kappa shape index (κ1) is 19.5. The molecule has 1 saturated carbocycles. The number of nitrogens with two attached hydrogens (primary N) is 1. The van der Waals surface area contributed by atoms with Crippen molar-refractivity contribution >= 4 is 22.9 Å². The summed E-state index contributed by atoms with van der Waals surface area (Å²) in [7, 11) is 0. The molecule has 1 amide bonds. The van der Waals surface area contributed by atoms with Crippen LogP contribution in [-0.4, -0.2) is 64.7 Å². The standard InChI is InChI=1S/C19H20F5N5O/c20-11-1-2-27(7-14(11)25)18-26-15-3-12(21)13(22)4-16(15)29(18)8-17(30)28-5-9-10(6-28)19(9,23)24/h3-4,9-11,14H,1-2,5-8,25H2/t9-,10+,11-,14-/m1/s1. The Morgan fingerprint density at radius 2 is 1.83 bits per heavy atom. The highest BCUT2D eigenvalue weighted by Crippen LogP contribution is 2.59. The second kappa shape index (κ2) is 6.53. The average molecular weight is 429 g/mol. The molecule has 2 aliphatic heterocycles. The van der Waals surface area contributed by atoms with Crippen LogP contribution in [0.3, 0.4) is 0 Å². The largest absolute Gasteiger partial charge is 0.340 e. The summed E-state index contributed by atoms with van der Waals surface area (Å²) in [6, 6.07) is 1.12. The Morgan fingerprint density at radius 3 is 2.50 bits per heavy atom. The molecule has 1 aromatic heterocycles. The molecular formula is C19H20F5N5O. The van der Waals surface area contributed by atoms with Gasteiger partial charge in [0, 0.05) is 38.3 Å². The van der Waals surface area contributed by atoms with E-state index in [1.54, 1.807) is 4.90 Å². The van der Waals surface area contributed by atoms with Gasteiger partial charge >= 0.3 is 0 Å². The Bertz CT molecular complexity index is 1010. The summed E-state index contributed by atoms with van der Waals surface area (Å²) in [6.07, 6.45) is -1.01. The predicted molar refractivity (Wildman–Crippen MR) is 97.9 cm³/mol. The highest BCUT2D eigenvalue weighted by molar-refractivity contribution is 5.84. The number of rotatable bonds is 3. The van der Waals surface area contributed by atoms with Crippen molar-refractivity contribution < 1.29 is 26.7 Å². The molecule has 162 valence electrons. The van der Waals surface area contributed by atoms with Gasteiger partial charge in [-0.25, -0.2) is 26.9 Å². The fourth-order valence-electron chi connectivity index (χ4n) is 4.59. The molecule has 3 fully saturated rings. The molecule has 1 aromatic carbocycles. The van der Waals surface area contributed by atoms with E-state index in [1.165, 1.54) is 9.47 Å². The molecule has 6 nitrogen and oxygen atoms in total. The van der Waals surface area contributed by atoms with Crippen LogP contribution in [0.1, 0.15) is 6.42 Å². The second-order valence-electron chi connectivity index (χ2n) is 8.35. The fourth-order valence-corrected chi connectivity index (χ4v) is 4.59. The number of hydrogen-bond acceptors (Lipinski definition) is 4. The molecule has 5 rings (SSSR count). The van der Waals surface area contributed by atoms with E-state index in [0.29, 0.717) is 0 Å². The van der Waals surface area contributed by atoms with E-state index >= 15 is 0 Å². The maximum atomic E-state index is 13.9. The molecule has 30 heavy (non-hydrogen) atoms. The van der Waals surface area contributed by atoms with E-state index in [1.807, 2.05) is 0 Å². The summed E-state index contributed by atoms with van der Waals surface area (Å²) >= 11 is 0. The second-order valence-corrected chi connectivity index (χ2v) is 8.35. The van der Waals surface area contributed by atoms with Crippen molar-refractivity contribution in [3.8, 4) is 0 Å². The van der Waals surface area contributed by atoms with Crippen molar-refractivity contribution in [1.29, 1.82) is 0 Å². The fraction of sp³-hybridized carbons (Fsp3) is 0.579. The highest BCUT2D eigenvalue weighted by Gasteiger charge is 2.72. The minimum atomic E-state index is -2.71. The number of carbonyl (C=O) groups is 1. The van der Waals surface area contributed by atoms with Gasteiger partial charge in [0.2, 0.25) is 11.9 Å². The summed E-state index contributed by atoms with van der Waals surface area (Å²) < 4.78 is 69.7. The zero-order chi connectivity index (χ0) is 21.4. The van der Waals surface area contributed by atoms with Crippen LogP contribution in [0.4, 0.5) is 27.9 Å². The number of fused-ring (bicyclic) bond motifs is 2. The van der Waals surface area contributed by atoms with Crippen molar-refractivity contribution in [2.75, 3.05) is 31.1 Å². The Labute approximate surface area is 168 Å². The van der Waals surface area contributed by atoms with Gasteiger partial charge in [-0.2, -0.15) is 0 Å². The average Bonchev–Trinajstić information content (AvgIpc) is 3.07. The molecule has 3 aliphatic rings. The quantitative estimate of drug-likeness (QED) is 0.758.